The first-order valence-electron chi connectivity index (χ1n) is 8.73. The number of imidazole rings is 1. The Morgan fingerprint density at radius 1 is 1.04 bits per heavy atom. The van der Waals surface area contributed by atoms with Gasteiger partial charge < -0.3 is 14.0 Å². The summed E-state index contributed by atoms with van der Waals surface area (Å²) in [6.45, 7) is 0.742. The van der Waals surface area contributed by atoms with Crippen LogP contribution in [-0.2, 0) is 13.0 Å². The lowest BCUT2D eigenvalue weighted by atomic mass is 10.2. The molecule has 142 valence electrons. The summed E-state index contributed by atoms with van der Waals surface area (Å²) in [4.78, 5) is 18.3. The van der Waals surface area contributed by atoms with Gasteiger partial charge in [0.2, 0.25) is 0 Å². The van der Waals surface area contributed by atoms with Crippen LogP contribution in [0.4, 0.5) is 0 Å². The smallest absolute Gasteiger partial charge is 0.175 e. The molecule has 8 heteroatoms. The van der Waals surface area contributed by atoms with E-state index in [-0.39, 0.29) is 0 Å². The summed E-state index contributed by atoms with van der Waals surface area (Å²) < 4.78 is 13.0. The first-order chi connectivity index (χ1) is 13.8. The fraction of sp³-hybridized carbons (Fsp3) is 0.200. The summed E-state index contributed by atoms with van der Waals surface area (Å²) >= 11 is 1.52. The van der Waals surface area contributed by atoms with Gasteiger partial charge in [0.1, 0.15) is 23.3 Å². The lowest BCUT2D eigenvalue weighted by molar-refractivity contribution is 0.394. The highest BCUT2D eigenvalue weighted by Crippen LogP contribution is 2.38. The van der Waals surface area contributed by atoms with Crippen molar-refractivity contribution in [3.05, 3.63) is 60.8 Å². The van der Waals surface area contributed by atoms with Crippen LogP contribution in [0.3, 0.4) is 0 Å². The van der Waals surface area contributed by atoms with E-state index in [9.17, 15) is 0 Å². The van der Waals surface area contributed by atoms with Gasteiger partial charge in [-0.2, -0.15) is 0 Å². The number of fused-ring (bicyclic) bond motifs is 1. The Morgan fingerprint density at radius 3 is 2.68 bits per heavy atom. The molecule has 0 radical (unpaired) electrons. The molecule has 0 bridgehead atoms. The molecule has 0 aliphatic carbocycles. The summed E-state index contributed by atoms with van der Waals surface area (Å²) in [5, 5.41) is 0.830. The maximum Gasteiger partial charge on any atom is 0.175 e. The van der Waals surface area contributed by atoms with Gasteiger partial charge in [-0.3, -0.25) is 4.98 Å². The number of benzene rings is 1. The standard InChI is InChI=1S/C20H19N5O2S/c1-26-15-3-4-17(27-2)18(11-15)28-20-24-16-12-22-13-23-19(16)25(20)10-7-14-5-8-21-9-6-14/h3-6,8-9,11-13H,7,10H2,1-2H3. The van der Waals surface area contributed by atoms with E-state index < -0.39 is 0 Å². The van der Waals surface area contributed by atoms with Crippen LogP contribution in [0, 0.1) is 0 Å². The van der Waals surface area contributed by atoms with E-state index in [1.807, 2.05) is 30.3 Å². The number of rotatable bonds is 7. The Hall–Kier alpha value is -3.13. The van der Waals surface area contributed by atoms with Gasteiger partial charge in [-0.25, -0.2) is 15.0 Å². The van der Waals surface area contributed by atoms with Crippen molar-refractivity contribution < 1.29 is 9.47 Å². The Bertz CT molecular complexity index is 1080. The summed E-state index contributed by atoms with van der Waals surface area (Å²) in [7, 11) is 3.31. The number of methoxy groups -OCH3 is 2. The molecule has 0 N–H and O–H groups in total. The van der Waals surface area contributed by atoms with Gasteiger partial charge in [-0.05, 0) is 54.1 Å². The van der Waals surface area contributed by atoms with E-state index >= 15 is 0 Å². The van der Waals surface area contributed by atoms with E-state index in [1.165, 1.54) is 17.3 Å². The molecule has 0 unspecified atom stereocenters. The number of aryl methyl sites for hydroxylation is 2. The molecule has 1 aromatic carbocycles. The first kappa shape index (κ1) is 18.2. The zero-order chi connectivity index (χ0) is 19.3. The van der Waals surface area contributed by atoms with Crippen molar-refractivity contribution in [3.63, 3.8) is 0 Å². The minimum Gasteiger partial charge on any atom is -0.497 e. The molecule has 0 aliphatic rings. The van der Waals surface area contributed by atoms with Gasteiger partial charge in [0.25, 0.3) is 0 Å². The molecule has 0 fully saturated rings. The summed E-state index contributed by atoms with van der Waals surface area (Å²) in [6, 6.07) is 9.76. The number of pyridine rings is 1. The highest BCUT2D eigenvalue weighted by molar-refractivity contribution is 7.99. The lowest BCUT2D eigenvalue weighted by Crippen LogP contribution is -2.04. The molecule has 28 heavy (non-hydrogen) atoms. The molecule has 4 rings (SSSR count). The highest BCUT2D eigenvalue weighted by atomic mass is 32.2. The van der Waals surface area contributed by atoms with Crippen molar-refractivity contribution in [2.75, 3.05) is 14.2 Å². The zero-order valence-corrected chi connectivity index (χ0v) is 16.4. The average Bonchev–Trinajstić information content (AvgIpc) is 3.10. The molecular weight excluding hydrogens is 374 g/mol. The largest absolute Gasteiger partial charge is 0.497 e. The van der Waals surface area contributed by atoms with Crippen LogP contribution in [0.15, 0.2) is 65.3 Å². The molecule has 0 spiro atoms. The van der Waals surface area contributed by atoms with Gasteiger partial charge in [0, 0.05) is 18.9 Å². The fourth-order valence-electron chi connectivity index (χ4n) is 2.89. The zero-order valence-electron chi connectivity index (χ0n) is 15.6. The Balaban J connectivity index is 1.70. The fourth-order valence-corrected chi connectivity index (χ4v) is 3.94. The quantitative estimate of drug-likeness (QED) is 0.474. The van der Waals surface area contributed by atoms with Gasteiger partial charge in [0.15, 0.2) is 10.8 Å². The first-order valence-corrected chi connectivity index (χ1v) is 9.55. The number of aromatic nitrogens is 5. The molecule has 0 aliphatic heterocycles. The number of ether oxygens (including phenoxy) is 2. The normalized spacial score (nSPS) is 10.9. The highest BCUT2D eigenvalue weighted by Gasteiger charge is 2.16. The summed E-state index contributed by atoms with van der Waals surface area (Å²) in [5.74, 6) is 1.53. The van der Waals surface area contributed by atoms with Gasteiger partial charge >= 0.3 is 0 Å². The van der Waals surface area contributed by atoms with Crippen LogP contribution >= 0.6 is 11.8 Å². The van der Waals surface area contributed by atoms with Crippen LogP contribution in [0.1, 0.15) is 5.56 Å². The number of hydrogen-bond donors (Lipinski definition) is 0. The van der Waals surface area contributed by atoms with E-state index in [0.29, 0.717) is 0 Å². The van der Waals surface area contributed by atoms with E-state index in [0.717, 1.165) is 45.7 Å². The second-order valence-corrected chi connectivity index (χ2v) is 7.01. The lowest BCUT2D eigenvalue weighted by Gasteiger charge is -2.11. The van der Waals surface area contributed by atoms with Gasteiger partial charge in [-0.1, -0.05) is 0 Å². The van der Waals surface area contributed by atoms with Crippen LogP contribution < -0.4 is 9.47 Å². The Morgan fingerprint density at radius 2 is 1.89 bits per heavy atom. The predicted molar refractivity (Wildman–Crippen MR) is 107 cm³/mol. The average molecular weight is 393 g/mol. The van der Waals surface area contributed by atoms with Crippen LogP contribution in [0.2, 0.25) is 0 Å². The second kappa shape index (κ2) is 8.26. The SMILES string of the molecule is COc1ccc(OC)c(Sc2nc3cncnc3n2CCc2ccncc2)c1. The van der Waals surface area contributed by atoms with Crippen molar-refractivity contribution in [1.29, 1.82) is 0 Å². The van der Waals surface area contributed by atoms with Gasteiger partial charge in [0.05, 0.1) is 25.3 Å². The molecule has 0 atom stereocenters. The van der Waals surface area contributed by atoms with E-state index in [4.69, 9.17) is 14.5 Å². The van der Waals surface area contributed by atoms with Crippen molar-refractivity contribution >= 4 is 22.9 Å². The maximum absolute atomic E-state index is 5.51. The minimum atomic E-state index is 0.742. The minimum absolute atomic E-state index is 0.742. The van der Waals surface area contributed by atoms with Gasteiger partial charge in [-0.15, -0.1) is 0 Å². The predicted octanol–water partition coefficient (Wildman–Crippen LogP) is 3.63. The molecule has 3 aromatic heterocycles. The Labute approximate surface area is 166 Å². The Kier molecular flexibility index (Phi) is 5.38. The van der Waals surface area contributed by atoms with Crippen molar-refractivity contribution in [1.82, 2.24) is 24.5 Å². The van der Waals surface area contributed by atoms with E-state index in [1.54, 1.807) is 39.1 Å². The molecular formula is C20H19N5O2S. The molecule has 0 amide bonds. The second-order valence-electron chi connectivity index (χ2n) is 6.00. The third-order valence-electron chi connectivity index (χ3n) is 4.32. The monoisotopic (exact) mass is 393 g/mol. The third kappa shape index (κ3) is 3.77. The number of nitrogens with zero attached hydrogens (tertiary/aromatic N) is 5. The third-order valence-corrected chi connectivity index (χ3v) is 5.35. The molecule has 3 heterocycles. The van der Waals surface area contributed by atoms with Crippen LogP contribution in [-0.4, -0.2) is 38.7 Å². The van der Waals surface area contributed by atoms with Crippen molar-refractivity contribution in [2.45, 2.75) is 23.0 Å². The van der Waals surface area contributed by atoms with Crippen molar-refractivity contribution in [2.24, 2.45) is 0 Å². The molecule has 0 saturated heterocycles. The molecule has 0 saturated carbocycles. The summed E-state index contributed by atoms with van der Waals surface area (Å²) in [5.41, 5.74) is 2.79. The topological polar surface area (TPSA) is 75.0 Å². The van der Waals surface area contributed by atoms with Crippen molar-refractivity contribution in [3.8, 4) is 11.5 Å². The van der Waals surface area contributed by atoms with Crippen LogP contribution in [0.5, 0.6) is 11.5 Å². The molecule has 4 aromatic rings. The van der Waals surface area contributed by atoms with E-state index in [2.05, 4.69) is 19.5 Å². The number of hydrogen-bond acceptors (Lipinski definition) is 7. The molecule has 7 nitrogen and oxygen atoms in total. The summed E-state index contributed by atoms with van der Waals surface area (Å²) in [6.07, 6.45) is 7.74. The maximum atomic E-state index is 5.51. The van der Waals surface area contributed by atoms with Crippen LogP contribution in [0.25, 0.3) is 11.2 Å².